The highest BCUT2D eigenvalue weighted by atomic mass is 14.9. The van der Waals surface area contributed by atoms with E-state index in [2.05, 4.69) is 11.1 Å². The standard InChI is InChI=1S/C11H11N/c1-2-8-12-9-7-10-5-3-4-6-11(10)12/h2-7,9H,1,8H2/i3D. The predicted octanol–water partition coefficient (Wildman–Crippen LogP) is 2.83. The molecule has 1 nitrogen and oxygen atoms in total. The molecule has 0 saturated heterocycles. The lowest BCUT2D eigenvalue weighted by atomic mass is 10.2. The quantitative estimate of drug-likeness (QED) is 0.592. The summed E-state index contributed by atoms with van der Waals surface area (Å²) in [6, 6.07) is 8.23. The van der Waals surface area contributed by atoms with Gasteiger partial charge in [-0.2, -0.15) is 0 Å². The first-order valence-corrected chi connectivity index (χ1v) is 3.97. The van der Waals surface area contributed by atoms with Crippen molar-refractivity contribution in [3.63, 3.8) is 0 Å². The summed E-state index contributed by atoms with van der Waals surface area (Å²) in [6.07, 6.45) is 3.89. The van der Waals surface area contributed by atoms with Crippen LogP contribution in [0, 0.1) is 0 Å². The Balaban J connectivity index is 2.61. The molecule has 1 heterocycles. The zero-order chi connectivity index (χ0) is 9.26. The second kappa shape index (κ2) is 2.86. The van der Waals surface area contributed by atoms with Gasteiger partial charge in [-0.15, -0.1) is 6.58 Å². The van der Waals surface area contributed by atoms with Gasteiger partial charge in [0, 0.05) is 18.3 Å². The van der Waals surface area contributed by atoms with Crippen LogP contribution in [0.15, 0.2) is 49.2 Å². The van der Waals surface area contributed by atoms with Crippen molar-refractivity contribution in [3.05, 3.63) is 49.2 Å². The molecule has 0 bridgehead atoms. The summed E-state index contributed by atoms with van der Waals surface area (Å²) in [4.78, 5) is 0. The first-order chi connectivity index (χ1) is 6.31. The highest BCUT2D eigenvalue weighted by Gasteiger charge is 1.95. The summed E-state index contributed by atoms with van der Waals surface area (Å²) in [5.74, 6) is 0. The van der Waals surface area contributed by atoms with Crippen LogP contribution in [-0.4, -0.2) is 4.57 Å². The lowest BCUT2D eigenvalue weighted by Crippen LogP contribution is -1.90. The fraction of sp³-hybridized carbons (Fsp3) is 0.0909. The molecule has 60 valence electrons. The van der Waals surface area contributed by atoms with Crippen LogP contribution >= 0.6 is 0 Å². The van der Waals surface area contributed by atoms with Gasteiger partial charge in [0.05, 0.1) is 1.37 Å². The highest BCUT2D eigenvalue weighted by Crippen LogP contribution is 2.14. The van der Waals surface area contributed by atoms with Gasteiger partial charge in [-0.25, -0.2) is 0 Å². The number of hydrogen-bond donors (Lipinski definition) is 0. The maximum Gasteiger partial charge on any atom is 0.0623 e. The zero-order valence-electron chi connectivity index (χ0n) is 7.83. The molecule has 0 atom stereocenters. The third kappa shape index (κ3) is 1.03. The minimum Gasteiger partial charge on any atom is -0.344 e. The van der Waals surface area contributed by atoms with Crippen LogP contribution in [0.3, 0.4) is 0 Å². The molecule has 0 spiro atoms. The molecule has 0 aliphatic carbocycles. The van der Waals surface area contributed by atoms with E-state index in [1.807, 2.05) is 36.5 Å². The lowest BCUT2D eigenvalue weighted by Gasteiger charge is -1.99. The smallest absolute Gasteiger partial charge is 0.0623 e. The molecule has 0 saturated carbocycles. The molecule has 1 aromatic carbocycles. The molecule has 0 N–H and O–H groups in total. The number of aromatic nitrogens is 1. The van der Waals surface area contributed by atoms with Crippen molar-refractivity contribution in [2.45, 2.75) is 6.54 Å². The molecule has 0 aliphatic rings. The average molecular weight is 158 g/mol. The zero-order valence-corrected chi connectivity index (χ0v) is 6.83. The number of rotatable bonds is 2. The van der Waals surface area contributed by atoms with Gasteiger partial charge in [0.1, 0.15) is 0 Å². The molecule has 2 rings (SSSR count). The summed E-state index contributed by atoms with van der Waals surface area (Å²) in [7, 11) is 0. The Labute approximate surface area is 73.3 Å². The summed E-state index contributed by atoms with van der Waals surface area (Å²) < 4.78 is 9.57. The number of nitrogens with zero attached hydrogens (tertiary/aromatic N) is 1. The van der Waals surface area contributed by atoms with Crippen LogP contribution in [0.1, 0.15) is 1.37 Å². The van der Waals surface area contributed by atoms with E-state index in [0.29, 0.717) is 6.04 Å². The predicted molar refractivity (Wildman–Crippen MR) is 52.1 cm³/mol. The number of fused-ring (bicyclic) bond motifs is 1. The topological polar surface area (TPSA) is 4.93 Å². The SMILES string of the molecule is [2H]c1ccc2c(ccn2CC=C)c1. The van der Waals surface area contributed by atoms with Crippen molar-refractivity contribution in [1.82, 2.24) is 4.57 Å². The van der Waals surface area contributed by atoms with E-state index in [0.717, 1.165) is 17.4 Å². The first kappa shape index (κ1) is 6.06. The Morgan fingerprint density at radius 2 is 2.42 bits per heavy atom. The van der Waals surface area contributed by atoms with Gasteiger partial charge in [0.15, 0.2) is 0 Å². The Morgan fingerprint density at radius 3 is 3.25 bits per heavy atom. The van der Waals surface area contributed by atoms with E-state index in [4.69, 9.17) is 1.37 Å². The minimum absolute atomic E-state index is 0.559. The molecular formula is C11H11N. The van der Waals surface area contributed by atoms with Crippen LogP contribution in [-0.2, 0) is 6.54 Å². The van der Waals surface area contributed by atoms with Crippen LogP contribution in [0.2, 0.25) is 0 Å². The maximum absolute atomic E-state index is 7.46. The fourth-order valence-corrected chi connectivity index (χ4v) is 1.38. The van der Waals surface area contributed by atoms with Gasteiger partial charge in [0.25, 0.3) is 0 Å². The fourth-order valence-electron chi connectivity index (χ4n) is 1.38. The Kier molecular flexibility index (Phi) is 1.44. The minimum atomic E-state index is 0.559. The van der Waals surface area contributed by atoms with E-state index in [1.54, 1.807) is 0 Å². The van der Waals surface area contributed by atoms with Crippen molar-refractivity contribution in [2.24, 2.45) is 0 Å². The Morgan fingerprint density at radius 1 is 1.50 bits per heavy atom. The largest absolute Gasteiger partial charge is 0.344 e. The second-order valence-corrected chi connectivity index (χ2v) is 2.74. The number of benzene rings is 1. The van der Waals surface area contributed by atoms with E-state index < -0.39 is 0 Å². The molecule has 0 amide bonds. The normalized spacial score (nSPS) is 11.5. The molecule has 2 aromatic rings. The summed E-state index contributed by atoms with van der Waals surface area (Å²) in [5.41, 5.74) is 1.16. The third-order valence-corrected chi connectivity index (χ3v) is 1.94. The van der Waals surface area contributed by atoms with Gasteiger partial charge in [-0.05, 0) is 17.5 Å². The summed E-state index contributed by atoms with van der Waals surface area (Å²) in [6.45, 7) is 4.52. The van der Waals surface area contributed by atoms with Crippen LogP contribution in [0.25, 0.3) is 10.9 Å². The summed E-state index contributed by atoms with van der Waals surface area (Å²) in [5, 5.41) is 1.12. The van der Waals surface area contributed by atoms with E-state index in [9.17, 15) is 0 Å². The summed E-state index contributed by atoms with van der Waals surface area (Å²) >= 11 is 0. The van der Waals surface area contributed by atoms with Crippen molar-refractivity contribution in [1.29, 1.82) is 0 Å². The van der Waals surface area contributed by atoms with Gasteiger partial charge < -0.3 is 4.57 Å². The number of hydrogen-bond acceptors (Lipinski definition) is 0. The molecule has 1 heteroatoms. The van der Waals surface area contributed by atoms with E-state index in [-0.39, 0.29) is 0 Å². The molecule has 0 unspecified atom stereocenters. The molecule has 12 heavy (non-hydrogen) atoms. The van der Waals surface area contributed by atoms with Gasteiger partial charge in [0.2, 0.25) is 0 Å². The van der Waals surface area contributed by atoms with Gasteiger partial charge in [-0.3, -0.25) is 0 Å². The molecule has 0 aliphatic heterocycles. The van der Waals surface area contributed by atoms with Crippen LogP contribution in [0.4, 0.5) is 0 Å². The van der Waals surface area contributed by atoms with Gasteiger partial charge in [-0.1, -0.05) is 24.3 Å². The molecule has 1 aromatic heterocycles. The van der Waals surface area contributed by atoms with Crippen molar-refractivity contribution in [2.75, 3.05) is 0 Å². The molecular weight excluding hydrogens is 146 g/mol. The van der Waals surface area contributed by atoms with Crippen molar-refractivity contribution < 1.29 is 1.37 Å². The first-order valence-electron chi connectivity index (χ1n) is 4.47. The maximum atomic E-state index is 7.46. The Hall–Kier alpha value is -1.50. The van der Waals surface area contributed by atoms with Crippen molar-refractivity contribution >= 4 is 10.9 Å². The van der Waals surface area contributed by atoms with E-state index >= 15 is 0 Å². The lowest BCUT2D eigenvalue weighted by molar-refractivity contribution is 0.865. The number of para-hydroxylation sites is 1. The average Bonchev–Trinajstić information content (AvgIpc) is 2.49. The monoisotopic (exact) mass is 158 g/mol. The van der Waals surface area contributed by atoms with Gasteiger partial charge >= 0.3 is 0 Å². The highest BCUT2D eigenvalue weighted by molar-refractivity contribution is 5.79. The van der Waals surface area contributed by atoms with Crippen LogP contribution < -0.4 is 0 Å². The molecule has 0 radical (unpaired) electrons. The number of allylic oxidation sites excluding steroid dienone is 1. The van der Waals surface area contributed by atoms with Crippen LogP contribution in [0.5, 0.6) is 0 Å². The van der Waals surface area contributed by atoms with Crippen molar-refractivity contribution in [3.8, 4) is 0 Å². The Bertz CT molecular complexity index is 442. The molecule has 0 fully saturated rings. The third-order valence-electron chi connectivity index (χ3n) is 1.94. The van der Waals surface area contributed by atoms with E-state index in [1.165, 1.54) is 0 Å². The second-order valence-electron chi connectivity index (χ2n) is 2.74.